The summed E-state index contributed by atoms with van der Waals surface area (Å²) in [6.07, 6.45) is 0. The number of hydrogen-bond donors (Lipinski definition) is 2. The Labute approximate surface area is 177 Å². The van der Waals surface area contributed by atoms with E-state index in [1.165, 1.54) is 10.4 Å². The summed E-state index contributed by atoms with van der Waals surface area (Å²) in [6.45, 7) is 5.15. The summed E-state index contributed by atoms with van der Waals surface area (Å²) in [5.41, 5.74) is 2.43. The normalized spacial score (nSPS) is 11.2. The van der Waals surface area contributed by atoms with Crippen molar-refractivity contribution in [1.29, 1.82) is 0 Å². The molecule has 2 N–H and O–H groups in total. The van der Waals surface area contributed by atoms with E-state index >= 15 is 0 Å². The van der Waals surface area contributed by atoms with Gasteiger partial charge in [0.1, 0.15) is 12.4 Å². The van der Waals surface area contributed by atoms with E-state index in [1.54, 1.807) is 18.4 Å². The third kappa shape index (κ3) is 7.51. The van der Waals surface area contributed by atoms with Crippen LogP contribution in [0.2, 0.25) is 0 Å². The monoisotopic (exact) mass is 488 g/mol. The van der Waals surface area contributed by atoms with E-state index in [0.29, 0.717) is 13.2 Å². The minimum atomic E-state index is 0. The van der Waals surface area contributed by atoms with Crippen LogP contribution in [0.15, 0.2) is 40.7 Å². The Morgan fingerprint density at radius 3 is 2.54 bits per heavy atom. The first-order chi connectivity index (χ1) is 12.1. The Bertz CT molecular complexity index is 688. The minimum Gasteiger partial charge on any atom is -0.492 e. The number of halogens is 1. The number of hydrogen-bond acceptors (Lipinski definition) is 4. The molecule has 0 atom stereocenters. The number of likely N-dealkylation sites (N-methyl/N-ethyl adjacent to an activating group) is 1. The van der Waals surface area contributed by atoms with Crippen molar-refractivity contribution in [3.05, 3.63) is 51.7 Å². The lowest BCUT2D eigenvalue weighted by Gasteiger charge is -2.16. The molecular weight excluding hydrogens is 459 g/mol. The van der Waals surface area contributed by atoms with Crippen molar-refractivity contribution >= 4 is 41.3 Å². The molecule has 1 heterocycles. The molecule has 1 aromatic carbocycles. The fourth-order valence-electron chi connectivity index (χ4n) is 2.28. The molecule has 5 nitrogen and oxygen atoms in total. The molecule has 0 fully saturated rings. The molecular formula is C19H29IN4OS. The van der Waals surface area contributed by atoms with Crippen molar-refractivity contribution in [3.8, 4) is 5.75 Å². The first-order valence-corrected chi connectivity index (χ1v) is 9.31. The predicted molar refractivity (Wildman–Crippen MR) is 122 cm³/mol. The predicted octanol–water partition coefficient (Wildman–Crippen LogP) is 3.48. The standard InChI is InChI=1S/C19H28N4OS.HI/c1-15-9-12-25-18(15)14-22-19(20-2)21-13-16-7-5-6-8-17(16)24-11-10-23(3)4;/h5-9,12H,10-11,13-14H2,1-4H3,(H2,20,21,22);1H. The number of para-hydroxylation sites is 1. The van der Waals surface area contributed by atoms with E-state index in [9.17, 15) is 0 Å². The van der Waals surface area contributed by atoms with Crippen molar-refractivity contribution in [2.24, 2.45) is 4.99 Å². The van der Waals surface area contributed by atoms with Crippen LogP contribution in [0.5, 0.6) is 5.75 Å². The topological polar surface area (TPSA) is 48.9 Å². The summed E-state index contributed by atoms with van der Waals surface area (Å²) in [7, 11) is 5.87. The highest BCUT2D eigenvalue weighted by molar-refractivity contribution is 14.0. The van der Waals surface area contributed by atoms with Gasteiger partial charge in [0.15, 0.2) is 5.96 Å². The molecule has 0 aliphatic rings. The molecule has 0 aliphatic carbocycles. The molecule has 0 amide bonds. The van der Waals surface area contributed by atoms with Gasteiger partial charge >= 0.3 is 0 Å². The third-order valence-corrected chi connectivity index (χ3v) is 4.85. The number of thiophene rings is 1. The van der Waals surface area contributed by atoms with Crippen molar-refractivity contribution in [2.45, 2.75) is 20.0 Å². The lowest BCUT2D eigenvalue weighted by molar-refractivity contribution is 0.259. The highest BCUT2D eigenvalue weighted by Crippen LogP contribution is 2.18. The van der Waals surface area contributed by atoms with E-state index in [1.807, 2.05) is 32.3 Å². The van der Waals surface area contributed by atoms with E-state index in [-0.39, 0.29) is 24.0 Å². The van der Waals surface area contributed by atoms with Crippen LogP contribution in [0.4, 0.5) is 0 Å². The maximum atomic E-state index is 5.91. The van der Waals surface area contributed by atoms with Gasteiger partial charge in [0, 0.05) is 30.6 Å². The zero-order chi connectivity index (χ0) is 18.1. The van der Waals surface area contributed by atoms with Gasteiger partial charge in [-0.25, -0.2) is 0 Å². The molecule has 7 heteroatoms. The maximum Gasteiger partial charge on any atom is 0.191 e. The molecule has 0 aliphatic heterocycles. The first-order valence-electron chi connectivity index (χ1n) is 8.43. The lowest BCUT2D eigenvalue weighted by atomic mass is 10.2. The second-order valence-corrected chi connectivity index (χ2v) is 7.07. The van der Waals surface area contributed by atoms with Crippen LogP contribution in [0.3, 0.4) is 0 Å². The average molecular weight is 488 g/mol. The van der Waals surface area contributed by atoms with Gasteiger partial charge in [0.25, 0.3) is 0 Å². The van der Waals surface area contributed by atoms with Gasteiger partial charge in [-0.15, -0.1) is 35.3 Å². The highest BCUT2D eigenvalue weighted by atomic mass is 127. The van der Waals surface area contributed by atoms with Crippen LogP contribution in [0, 0.1) is 6.92 Å². The van der Waals surface area contributed by atoms with Crippen molar-refractivity contribution in [3.63, 3.8) is 0 Å². The molecule has 0 radical (unpaired) electrons. The second-order valence-electron chi connectivity index (χ2n) is 6.07. The van der Waals surface area contributed by atoms with Crippen LogP contribution in [0.1, 0.15) is 16.0 Å². The van der Waals surface area contributed by atoms with Gasteiger partial charge in [-0.1, -0.05) is 18.2 Å². The summed E-state index contributed by atoms with van der Waals surface area (Å²) in [6, 6.07) is 10.3. The van der Waals surface area contributed by atoms with Gasteiger partial charge in [-0.3, -0.25) is 4.99 Å². The van der Waals surface area contributed by atoms with Crippen LogP contribution >= 0.6 is 35.3 Å². The number of ether oxygens (including phenoxy) is 1. The zero-order valence-corrected chi connectivity index (χ0v) is 19.1. The molecule has 1 aromatic heterocycles. The molecule has 26 heavy (non-hydrogen) atoms. The number of rotatable bonds is 8. The SMILES string of the molecule is CN=C(NCc1ccccc1OCCN(C)C)NCc1sccc1C.I. The summed E-state index contributed by atoms with van der Waals surface area (Å²) < 4.78 is 5.91. The van der Waals surface area contributed by atoms with Crippen LogP contribution in [-0.2, 0) is 13.1 Å². The Morgan fingerprint density at radius 2 is 1.88 bits per heavy atom. The lowest BCUT2D eigenvalue weighted by Crippen LogP contribution is -2.36. The van der Waals surface area contributed by atoms with Crippen molar-refractivity contribution in [1.82, 2.24) is 15.5 Å². The van der Waals surface area contributed by atoms with E-state index < -0.39 is 0 Å². The fourth-order valence-corrected chi connectivity index (χ4v) is 3.12. The second kappa shape index (κ2) is 12.1. The molecule has 2 rings (SSSR count). The Morgan fingerprint density at radius 1 is 1.15 bits per heavy atom. The Hall–Kier alpha value is -1.32. The average Bonchev–Trinajstić information content (AvgIpc) is 3.01. The van der Waals surface area contributed by atoms with Crippen molar-refractivity contribution < 1.29 is 4.74 Å². The molecule has 0 unspecified atom stereocenters. The highest BCUT2D eigenvalue weighted by Gasteiger charge is 2.06. The first kappa shape index (κ1) is 22.7. The molecule has 0 saturated heterocycles. The summed E-state index contributed by atoms with van der Waals surface area (Å²) in [5.74, 6) is 1.71. The number of nitrogens with one attached hydrogen (secondary N) is 2. The van der Waals surface area contributed by atoms with Crippen molar-refractivity contribution in [2.75, 3.05) is 34.3 Å². The quantitative estimate of drug-likeness (QED) is 0.340. The molecule has 0 saturated carbocycles. The molecule has 2 aromatic rings. The number of guanidine groups is 1. The van der Waals surface area contributed by atoms with E-state index in [4.69, 9.17) is 4.74 Å². The van der Waals surface area contributed by atoms with Gasteiger partial charge in [-0.05, 0) is 44.1 Å². The minimum absolute atomic E-state index is 0. The smallest absolute Gasteiger partial charge is 0.191 e. The van der Waals surface area contributed by atoms with Gasteiger partial charge in [0.2, 0.25) is 0 Å². The summed E-state index contributed by atoms with van der Waals surface area (Å²) >= 11 is 1.76. The molecule has 144 valence electrons. The fraction of sp³-hybridized carbons (Fsp3) is 0.421. The van der Waals surface area contributed by atoms with Crippen LogP contribution < -0.4 is 15.4 Å². The zero-order valence-electron chi connectivity index (χ0n) is 15.9. The molecule has 0 spiro atoms. The Kier molecular flexibility index (Phi) is 10.6. The Balaban J connectivity index is 0.00000338. The largest absolute Gasteiger partial charge is 0.492 e. The van der Waals surface area contributed by atoms with Crippen LogP contribution in [0.25, 0.3) is 0 Å². The summed E-state index contributed by atoms with van der Waals surface area (Å²) in [5, 5.41) is 8.84. The number of nitrogens with zero attached hydrogens (tertiary/aromatic N) is 2. The number of aliphatic imine (C=N–C) groups is 1. The maximum absolute atomic E-state index is 5.91. The van der Waals surface area contributed by atoms with Gasteiger partial charge in [0.05, 0.1) is 6.54 Å². The van der Waals surface area contributed by atoms with Crippen LogP contribution in [-0.4, -0.2) is 45.2 Å². The summed E-state index contributed by atoms with van der Waals surface area (Å²) in [4.78, 5) is 7.74. The third-order valence-electron chi connectivity index (χ3n) is 3.82. The van der Waals surface area contributed by atoms with Gasteiger partial charge in [-0.2, -0.15) is 0 Å². The van der Waals surface area contributed by atoms with E-state index in [2.05, 4.69) is 45.0 Å². The number of benzene rings is 1. The number of aryl methyl sites for hydroxylation is 1. The van der Waals surface area contributed by atoms with Gasteiger partial charge < -0.3 is 20.3 Å². The molecule has 0 bridgehead atoms. The van der Waals surface area contributed by atoms with E-state index in [0.717, 1.165) is 30.4 Å².